The van der Waals surface area contributed by atoms with E-state index in [1.165, 1.54) is 23.9 Å². The predicted molar refractivity (Wildman–Crippen MR) is 66.4 cm³/mol. The lowest BCUT2D eigenvalue weighted by atomic mass is 10.1. The molecule has 0 aliphatic heterocycles. The molecule has 92 valence electrons. The molecule has 0 aliphatic carbocycles. The van der Waals surface area contributed by atoms with Crippen molar-refractivity contribution in [3.05, 3.63) is 35.4 Å². The van der Waals surface area contributed by atoms with Gasteiger partial charge in [0.15, 0.2) is 0 Å². The summed E-state index contributed by atoms with van der Waals surface area (Å²) >= 11 is 1.31. The van der Waals surface area contributed by atoms with Gasteiger partial charge in [-0.2, -0.15) is 0 Å². The standard InChI is InChI=1S/C12H14O4S/c1-12(2,11(15)16)17-7-8-3-5-9(6-4-8)10(13)14/h3-6H,7H2,1-2H3,(H,13,14)(H,15,16). The maximum atomic E-state index is 10.9. The first-order valence-corrected chi connectivity index (χ1v) is 6.01. The maximum absolute atomic E-state index is 10.9. The Labute approximate surface area is 104 Å². The number of aliphatic carboxylic acids is 1. The molecule has 4 nitrogen and oxygen atoms in total. The second-order valence-corrected chi connectivity index (χ2v) is 5.70. The molecule has 0 spiro atoms. The minimum Gasteiger partial charge on any atom is -0.480 e. The van der Waals surface area contributed by atoms with Crippen LogP contribution >= 0.6 is 11.8 Å². The van der Waals surface area contributed by atoms with E-state index in [9.17, 15) is 9.59 Å². The molecular weight excluding hydrogens is 240 g/mol. The minimum atomic E-state index is -0.963. The lowest BCUT2D eigenvalue weighted by Gasteiger charge is -2.18. The van der Waals surface area contributed by atoms with Gasteiger partial charge < -0.3 is 10.2 Å². The van der Waals surface area contributed by atoms with Gasteiger partial charge in [-0.05, 0) is 31.5 Å². The van der Waals surface area contributed by atoms with E-state index < -0.39 is 16.7 Å². The van der Waals surface area contributed by atoms with Gasteiger partial charge in [-0.15, -0.1) is 11.8 Å². The highest BCUT2D eigenvalue weighted by Gasteiger charge is 2.27. The van der Waals surface area contributed by atoms with Gasteiger partial charge in [0, 0.05) is 5.75 Å². The summed E-state index contributed by atoms with van der Waals surface area (Å²) in [6, 6.07) is 6.45. The van der Waals surface area contributed by atoms with E-state index in [-0.39, 0.29) is 5.56 Å². The van der Waals surface area contributed by atoms with Gasteiger partial charge in [-0.1, -0.05) is 12.1 Å². The molecule has 1 aromatic rings. The quantitative estimate of drug-likeness (QED) is 0.844. The van der Waals surface area contributed by atoms with Crippen molar-refractivity contribution in [1.29, 1.82) is 0 Å². The Kier molecular flexibility index (Phi) is 4.17. The molecule has 0 bridgehead atoms. The summed E-state index contributed by atoms with van der Waals surface area (Å²) in [7, 11) is 0. The normalized spacial score (nSPS) is 11.2. The van der Waals surface area contributed by atoms with Crippen LogP contribution < -0.4 is 0 Å². The fraction of sp³-hybridized carbons (Fsp3) is 0.333. The molecule has 2 N–H and O–H groups in total. The fourth-order valence-electron chi connectivity index (χ4n) is 1.07. The molecule has 0 aromatic heterocycles. The summed E-state index contributed by atoms with van der Waals surface area (Å²) in [5.41, 5.74) is 1.14. The van der Waals surface area contributed by atoms with Gasteiger partial charge in [-0.25, -0.2) is 4.79 Å². The Morgan fingerprint density at radius 2 is 1.71 bits per heavy atom. The van der Waals surface area contributed by atoms with Crippen LogP contribution in [-0.4, -0.2) is 26.9 Å². The van der Waals surface area contributed by atoms with Crippen LogP contribution in [0.15, 0.2) is 24.3 Å². The molecule has 0 fully saturated rings. The van der Waals surface area contributed by atoms with Gasteiger partial charge >= 0.3 is 11.9 Å². The lowest BCUT2D eigenvalue weighted by Crippen LogP contribution is -2.27. The van der Waals surface area contributed by atoms with Crippen molar-refractivity contribution in [1.82, 2.24) is 0 Å². The van der Waals surface area contributed by atoms with Crippen LogP contribution in [0.25, 0.3) is 0 Å². The minimum absolute atomic E-state index is 0.233. The summed E-state index contributed by atoms with van der Waals surface area (Å²) in [5.74, 6) is -1.28. The van der Waals surface area contributed by atoms with E-state index in [2.05, 4.69) is 0 Å². The van der Waals surface area contributed by atoms with Crippen LogP contribution in [0.5, 0.6) is 0 Å². The van der Waals surface area contributed by atoms with Gasteiger partial charge in [0.2, 0.25) is 0 Å². The van der Waals surface area contributed by atoms with Crippen LogP contribution in [0.1, 0.15) is 29.8 Å². The molecule has 0 unspecified atom stereocenters. The maximum Gasteiger partial charge on any atom is 0.335 e. The third-order valence-electron chi connectivity index (χ3n) is 2.32. The molecule has 1 aromatic carbocycles. The Balaban J connectivity index is 2.65. The summed E-state index contributed by atoms with van der Waals surface area (Å²) in [6.45, 7) is 3.29. The second-order valence-electron chi connectivity index (χ2n) is 4.11. The average Bonchev–Trinajstić information content (AvgIpc) is 2.27. The average molecular weight is 254 g/mol. The van der Waals surface area contributed by atoms with Crippen molar-refractivity contribution in [2.75, 3.05) is 0 Å². The van der Waals surface area contributed by atoms with Gasteiger partial charge in [0.1, 0.15) is 4.75 Å². The number of hydrogen-bond donors (Lipinski definition) is 2. The van der Waals surface area contributed by atoms with E-state index in [4.69, 9.17) is 10.2 Å². The number of rotatable bonds is 5. The summed E-state index contributed by atoms with van der Waals surface area (Å²) in [4.78, 5) is 21.5. The topological polar surface area (TPSA) is 74.6 Å². The molecule has 0 saturated carbocycles. The molecule has 0 atom stereocenters. The number of carbonyl (C=O) groups is 2. The lowest BCUT2D eigenvalue weighted by molar-refractivity contribution is -0.138. The summed E-state index contributed by atoms with van der Waals surface area (Å²) in [6.07, 6.45) is 0. The number of hydrogen-bond acceptors (Lipinski definition) is 3. The largest absolute Gasteiger partial charge is 0.480 e. The van der Waals surface area contributed by atoms with Crippen LogP contribution in [0, 0.1) is 0 Å². The van der Waals surface area contributed by atoms with Gasteiger partial charge in [0.25, 0.3) is 0 Å². The first kappa shape index (κ1) is 13.6. The van der Waals surface area contributed by atoms with Crippen molar-refractivity contribution < 1.29 is 19.8 Å². The number of carboxylic acid groups (broad SMARTS) is 2. The Hall–Kier alpha value is -1.49. The van der Waals surface area contributed by atoms with E-state index in [0.29, 0.717) is 5.75 Å². The second kappa shape index (κ2) is 5.23. The third-order valence-corrected chi connectivity index (χ3v) is 3.69. The van der Waals surface area contributed by atoms with Crippen molar-refractivity contribution in [3.8, 4) is 0 Å². The molecule has 1 rings (SSSR count). The van der Waals surface area contributed by atoms with Crippen molar-refractivity contribution in [2.45, 2.75) is 24.3 Å². The van der Waals surface area contributed by atoms with Crippen LogP contribution in [-0.2, 0) is 10.5 Å². The SMILES string of the molecule is CC(C)(SCc1ccc(C(=O)O)cc1)C(=O)O. The predicted octanol–water partition coefficient (Wildman–Crippen LogP) is 2.48. The third kappa shape index (κ3) is 3.78. The first-order valence-electron chi connectivity index (χ1n) is 5.02. The van der Waals surface area contributed by atoms with Gasteiger partial charge in [-0.3, -0.25) is 4.79 Å². The Bertz CT molecular complexity index is 423. The number of benzene rings is 1. The van der Waals surface area contributed by atoms with Crippen molar-refractivity contribution in [2.24, 2.45) is 0 Å². The molecule has 0 aliphatic rings. The zero-order valence-electron chi connectivity index (χ0n) is 9.64. The van der Waals surface area contributed by atoms with Crippen molar-refractivity contribution in [3.63, 3.8) is 0 Å². The molecular formula is C12H14O4S. The molecule has 0 radical (unpaired) electrons. The van der Waals surface area contributed by atoms with Gasteiger partial charge in [0.05, 0.1) is 5.56 Å². The number of thioether (sulfide) groups is 1. The number of carboxylic acids is 2. The molecule has 5 heteroatoms. The Morgan fingerprint density at radius 3 is 2.12 bits per heavy atom. The smallest absolute Gasteiger partial charge is 0.335 e. The van der Waals surface area contributed by atoms with Crippen LogP contribution in [0.3, 0.4) is 0 Å². The highest BCUT2D eigenvalue weighted by molar-refractivity contribution is 8.00. The highest BCUT2D eigenvalue weighted by Crippen LogP contribution is 2.28. The first-order chi connectivity index (χ1) is 7.83. The Morgan fingerprint density at radius 1 is 1.18 bits per heavy atom. The number of aromatic carboxylic acids is 1. The van der Waals surface area contributed by atoms with Crippen molar-refractivity contribution >= 4 is 23.7 Å². The molecule has 0 saturated heterocycles. The molecule has 0 heterocycles. The summed E-state index contributed by atoms with van der Waals surface area (Å²) in [5, 5.41) is 17.7. The zero-order chi connectivity index (χ0) is 13.1. The zero-order valence-corrected chi connectivity index (χ0v) is 10.5. The van der Waals surface area contributed by atoms with E-state index in [1.54, 1.807) is 26.0 Å². The molecule has 17 heavy (non-hydrogen) atoms. The molecule has 0 amide bonds. The fourth-order valence-corrected chi connectivity index (χ4v) is 1.91. The van der Waals surface area contributed by atoms with E-state index in [1.807, 2.05) is 0 Å². The summed E-state index contributed by atoms with van der Waals surface area (Å²) < 4.78 is -0.842. The van der Waals surface area contributed by atoms with Crippen LogP contribution in [0.4, 0.5) is 0 Å². The van der Waals surface area contributed by atoms with Crippen LogP contribution in [0.2, 0.25) is 0 Å². The van der Waals surface area contributed by atoms with E-state index >= 15 is 0 Å². The highest BCUT2D eigenvalue weighted by atomic mass is 32.2. The van der Waals surface area contributed by atoms with E-state index in [0.717, 1.165) is 5.56 Å². The monoisotopic (exact) mass is 254 g/mol.